The van der Waals surface area contributed by atoms with Crippen molar-refractivity contribution in [3.8, 4) is 17.0 Å². The van der Waals surface area contributed by atoms with E-state index in [1.807, 2.05) is 24.3 Å². The van der Waals surface area contributed by atoms with Crippen LogP contribution in [0.5, 0.6) is 5.75 Å². The first-order chi connectivity index (χ1) is 13.2. The average molecular weight is 372 g/mol. The Morgan fingerprint density at radius 1 is 1.26 bits per heavy atom. The highest BCUT2D eigenvalue weighted by Gasteiger charge is 2.35. The second-order valence-corrected chi connectivity index (χ2v) is 6.73. The van der Waals surface area contributed by atoms with Crippen LogP contribution in [0.4, 0.5) is 0 Å². The highest BCUT2D eigenvalue weighted by molar-refractivity contribution is 5.93. The lowest BCUT2D eigenvalue weighted by molar-refractivity contribution is 0.0108. The zero-order chi connectivity index (χ0) is 18.6. The summed E-state index contributed by atoms with van der Waals surface area (Å²) in [5, 5.41) is 10.2. The van der Waals surface area contributed by atoms with Crippen LogP contribution in [0.15, 0.2) is 30.3 Å². The van der Waals surface area contributed by atoms with Crippen molar-refractivity contribution in [3.63, 3.8) is 0 Å². The van der Waals surface area contributed by atoms with Crippen molar-refractivity contribution in [2.24, 2.45) is 0 Å². The van der Waals surface area contributed by atoms with Crippen LogP contribution in [0.3, 0.4) is 0 Å². The van der Waals surface area contributed by atoms with Gasteiger partial charge in [0, 0.05) is 18.7 Å². The molecule has 27 heavy (non-hydrogen) atoms. The number of benzene rings is 1. The second kappa shape index (κ2) is 8.08. The molecule has 2 atom stereocenters. The highest BCUT2D eigenvalue weighted by Crippen LogP contribution is 2.23. The zero-order valence-corrected chi connectivity index (χ0v) is 15.3. The van der Waals surface area contributed by atoms with Gasteiger partial charge in [0.25, 0.3) is 5.91 Å². The van der Waals surface area contributed by atoms with Gasteiger partial charge in [-0.05, 0) is 18.2 Å². The molecule has 2 aliphatic rings. The number of amides is 1. The maximum atomic E-state index is 12.7. The fourth-order valence-corrected chi connectivity index (χ4v) is 3.56. The quantitative estimate of drug-likeness (QED) is 0.811. The van der Waals surface area contributed by atoms with Crippen LogP contribution in [0.2, 0.25) is 0 Å². The van der Waals surface area contributed by atoms with Gasteiger partial charge >= 0.3 is 0 Å². The van der Waals surface area contributed by atoms with E-state index in [0.29, 0.717) is 24.6 Å². The molecule has 8 nitrogen and oxygen atoms in total. The molecule has 1 amide bonds. The number of aromatic nitrogens is 2. The fourth-order valence-electron chi connectivity index (χ4n) is 3.56. The minimum atomic E-state index is -0.176. The van der Waals surface area contributed by atoms with Gasteiger partial charge in [0.05, 0.1) is 51.3 Å². The molecule has 8 heteroatoms. The lowest BCUT2D eigenvalue weighted by atomic mass is 10.1. The van der Waals surface area contributed by atoms with Crippen molar-refractivity contribution < 1.29 is 19.0 Å². The van der Waals surface area contributed by atoms with Crippen molar-refractivity contribution in [1.82, 2.24) is 20.4 Å². The van der Waals surface area contributed by atoms with Gasteiger partial charge in [-0.2, -0.15) is 5.10 Å². The summed E-state index contributed by atoms with van der Waals surface area (Å²) in [7, 11) is 1.62. The van der Waals surface area contributed by atoms with Gasteiger partial charge in [0.15, 0.2) is 0 Å². The molecule has 3 heterocycles. The Labute approximate surface area is 157 Å². The molecule has 1 aromatic carbocycles. The van der Waals surface area contributed by atoms with E-state index in [9.17, 15) is 4.79 Å². The van der Waals surface area contributed by atoms with Crippen LogP contribution in [0, 0.1) is 0 Å². The van der Waals surface area contributed by atoms with Gasteiger partial charge in [0.1, 0.15) is 11.4 Å². The third kappa shape index (κ3) is 3.97. The lowest BCUT2D eigenvalue weighted by Crippen LogP contribution is -2.54. The minimum Gasteiger partial charge on any atom is -0.497 e. The first-order valence-corrected chi connectivity index (χ1v) is 9.15. The number of nitrogens with zero attached hydrogens (tertiary/aromatic N) is 2. The number of aromatic amines is 1. The molecule has 2 saturated heterocycles. The number of hydrogen-bond acceptors (Lipinski definition) is 6. The van der Waals surface area contributed by atoms with Crippen LogP contribution in [0.25, 0.3) is 11.3 Å². The molecular formula is C19H24N4O4. The maximum Gasteiger partial charge on any atom is 0.269 e. The molecule has 2 fully saturated rings. The smallest absolute Gasteiger partial charge is 0.269 e. The van der Waals surface area contributed by atoms with Gasteiger partial charge in [-0.25, -0.2) is 0 Å². The number of methoxy groups -OCH3 is 1. The Bertz CT molecular complexity index is 788. The highest BCUT2D eigenvalue weighted by atomic mass is 16.5. The Kier molecular flexibility index (Phi) is 5.38. The number of hydrogen-bond donors (Lipinski definition) is 2. The number of carbonyl (C=O) groups is 1. The standard InChI is InChI=1S/C19H24N4O4/c1-25-14-4-2-3-13(9-14)15-10-16(22-21-15)19(24)20-17-11-27-12-18(17)23-5-7-26-8-6-23/h2-4,9-10,17-18H,5-8,11-12H2,1H3,(H,20,24)(H,21,22)/t17-,18-/m1/s1. The number of H-pyrrole nitrogens is 1. The molecular weight excluding hydrogens is 348 g/mol. The molecule has 2 N–H and O–H groups in total. The molecule has 0 spiro atoms. The summed E-state index contributed by atoms with van der Waals surface area (Å²) in [5.41, 5.74) is 2.02. The number of carbonyl (C=O) groups excluding carboxylic acids is 1. The summed E-state index contributed by atoms with van der Waals surface area (Å²) in [6.45, 7) is 4.33. The number of nitrogens with one attached hydrogen (secondary N) is 2. The van der Waals surface area contributed by atoms with Gasteiger partial charge < -0.3 is 19.5 Å². The van der Waals surface area contributed by atoms with Crippen molar-refractivity contribution in [3.05, 3.63) is 36.0 Å². The molecule has 0 unspecified atom stereocenters. The van der Waals surface area contributed by atoms with Crippen LogP contribution in [-0.4, -0.2) is 79.7 Å². The number of rotatable bonds is 5. The van der Waals surface area contributed by atoms with Crippen molar-refractivity contribution in [1.29, 1.82) is 0 Å². The zero-order valence-electron chi connectivity index (χ0n) is 15.3. The maximum absolute atomic E-state index is 12.7. The van der Waals surface area contributed by atoms with Crippen molar-refractivity contribution >= 4 is 5.91 Å². The van der Waals surface area contributed by atoms with E-state index < -0.39 is 0 Å². The molecule has 4 rings (SSSR count). The van der Waals surface area contributed by atoms with Crippen LogP contribution >= 0.6 is 0 Å². The van der Waals surface area contributed by atoms with E-state index in [0.717, 1.165) is 37.6 Å². The monoisotopic (exact) mass is 372 g/mol. The molecule has 0 bridgehead atoms. The molecule has 0 radical (unpaired) electrons. The molecule has 2 aromatic rings. The Hall–Kier alpha value is -2.42. The van der Waals surface area contributed by atoms with E-state index in [4.69, 9.17) is 14.2 Å². The SMILES string of the molecule is COc1cccc(-c2cc(C(=O)N[C@@H]3COC[C@H]3N3CCOCC3)[nH]n2)c1. The normalized spacial score (nSPS) is 23.3. The van der Waals surface area contributed by atoms with Gasteiger partial charge in [-0.3, -0.25) is 14.8 Å². The van der Waals surface area contributed by atoms with Crippen LogP contribution < -0.4 is 10.1 Å². The largest absolute Gasteiger partial charge is 0.497 e. The lowest BCUT2D eigenvalue weighted by Gasteiger charge is -2.34. The molecule has 1 aromatic heterocycles. The number of ether oxygens (including phenoxy) is 3. The van der Waals surface area contributed by atoms with Crippen molar-refractivity contribution in [2.45, 2.75) is 12.1 Å². The average Bonchev–Trinajstić information content (AvgIpc) is 3.38. The predicted octanol–water partition coefficient (Wildman–Crippen LogP) is 0.915. The Morgan fingerprint density at radius 3 is 2.93 bits per heavy atom. The molecule has 2 aliphatic heterocycles. The fraction of sp³-hybridized carbons (Fsp3) is 0.474. The van der Waals surface area contributed by atoms with Gasteiger partial charge in [0.2, 0.25) is 0 Å². The summed E-state index contributed by atoms with van der Waals surface area (Å²) in [6, 6.07) is 9.47. The minimum absolute atomic E-state index is 0.0424. The Morgan fingerprint density at radius 2 is 2.11 bits per heavy atom. The third-order valence-electron chi connectivity index (χ3n) is 5.07. The summed E-state index contributed by atoms with van der Waals surface area (Å²) >= 11 is 0. The first-order valence-electron chi connectivity index (χ1n) is 9.15. The van der Waals surface area contributed by atoms with Crippen molar-refractivity contribution in [2.75, 3.05) is 46.6 Å². The summed E-state index contributed by atoms with van der Waals surface area (Å²) < 4.78 is 16.3. The van der Waals surface area contributed by atoms with E-state index >= 15 is 0 Å². The first kappa shape index (κ1) is 18.0. The Balaban J connectivity index is 1.43. The topological polar surface area (TPSA) is 88.7 Å². The van der Waals surface area contributed by atoms with E-state index in [2.05, 4.69) is 20.4 Å². The second-order valence-electron chi connectivity index (χ2n) is 6.73. The molecule has 144 valence electrons. The van der Waals surface area contributed by atoms with E-state index in [1.165, 1.54) is 0 Å². The van der Waals surface area contributed by atoms with E-state index in [-0.39, 0.29) is 18.0 Å². The van der Waals surface area contributed by atoms with Crippen LogP contribution in [0.1, 0.15) is 10.5 Å². The predicted molar refractivity (Wildman–Crippen MR) is 98.8 cm³/mol. The van der Waals surface area contributed by atoms with Gasteiger partial charge in [-0.1, -0.05) is 12.1 Å². The molecule has 0 aliphatic carbocycles. The van der Waals surface area contributed by atoms with Gasteiger partial charge in [-0.15, -0.1) is 0 Å². The summed E-state index contributed by atoms with van der Waals surface area (Å²) in [5.74, 6) is 0.573. The van der Waals surface area contributed by atoms with E-state index in [1.54, 1.807) is 13.2 Å². The third-order valence-corrected chi connectivity index (χ3v) is 5.07. The summed E-state index contributed by atoms with van der Waals surface area (Å²) in [4.78, 5) is 15.0. The number of morpholine rings is 1. The summed E-state index contributed by atoms with van der Waals surface area (Å²) in [6.07, 6.45) is 0. The molecule has 0 saturated carbocycles. The van der Waals surface area contributed by atoms with Crippen LogP contribution in [-0.2, 0) is 9.47 Å².